The Hall–Kier alpha value is -8.00. The Labute approximate surface area is 604 Å². The molecule has 0 spiro atoms. The lowest BCUT2D eigenvalue weighted by Gasteiger charge is -2.30. The van der Waals surface area contributed by atoms with E-state index in [1.807, 2.05) is 13.8 Å². The van der Waals surface area contributed by atoms with Gasteiger partial charge in [-0.25, -0.2) is 0 Å². The summed E-state index contributed by atoms with van der Waals surface area (Å²) < 4.78 is 6.22. The molecule has 0 N–H and O–H groups in total. The summed E-state index contributed by atoms with van der Waals surface area (Å²) in [5.74, 6) is 2.70. The lowest BCUT2D eigenvalue weighted by molar-refractivity contribution is 0.176. The van der Waals surface area contributed by atoms with Crippen LogP contribution in [-0.2, 0) is 30.1 Å². The van der Waals surface area contributed by atoms with Crippen LogP contribution in [0.3, 0.4) is 0 Å². The van der Waals surface area contributed by atoms with Crippen molar-refractivity contribution in [3.63, 3.8) is 0 Å². The molecule has 4 atom stereocenters. The molecular weight excluding hydrogens is 1190 g/mol. The van der Waals surface area contributed by atoms with Crippen molar-refractivity contribution in [2.24, 2.45) is 0 Å². The van der Waals surface area contributed by atoms with Gasteiger partial charge in [0, 0.05) is 11.3 Å². The summed E-state index contributed by atoms with van der Waals surface area (Å²) in [6.07, 6.45) is 8.19. The number of hydrogen-bond donors (Lipinski definition) is 0. The van der Waals surface area contributed by atoms with Gasteiger partial charge in [-0.1, -0.05) is 302 Å². The highest BCUT2D eigenvalue weighted by molar-refractivity contribution is 5.56. The fraction of sp³-hybridized carbons (Fsp3) is 0.388. The molecule has 4 unspecified atom stereocenters. The van der Waals surface area contributed by atoms with Crippen LogP contribution in [0.2, 0.25) is 0 Å². The smallest absolute Gasteiger partial charge is 0.124 e. The minimum Gasteiger partial charge on any atom is -0.485 e. The van der Waals surface area contributed by atoms with Gasteiger partial charge in [-0.3, -0.25) is 0 Å². The first-order valence-corrected chi connectivity index (χ1v) is 37.4. The van der Waals surface area contributed by atoms with E-state index in [9.17, 15) is 0 Å². The van der Waals surface area contributed by atoms with E-state index < -0.39 is 0 Å². The molecule has 0 saturated heterocycles. The number of aryl methyl sites for hydroxylation is 17. The molecule has 1 aliphatic heterocycles. The highest BCUT2D eigenvalue weighted by atomic mass is 16.5. The van der Waals surface area contributed by atoms with E-state index in [1.54, 1.807) is 0 Å². The van der Waals surface area contributed by atoms with Crippen molar-refractivity contribution in [1.82, 2.24) is 0 Å². The lowest BCUT2D eigenvalue weighted by Crippen LogP contribution is -2.24. The van der Waals surface area contributed by atoms with Crippen LogP contribution in [0.4, 0.5) is 0 Å². The van der Waals surface area contributed by atoms with Crippen molar-refractivity contribution < 1.29 is 4.74 Å². The Balaban J connectivity index is 0.000000195. The standard InChI is InChI=1S/C27H32.C22H28.C18H20O.C11H16.2C9H12.C2H6/c1-18-9-7-11-24(13-18)27(25-12-8-10-19(2)14-25)17-22(5)26-15-20(3)23(6)21(4)16-26;1-14-8-9-18(17(4)10-14)22(7)13-21(5,6)19-11-15(2)16(3)12-20(19)22;1-12-5-8-16(14(3)10-12)17-9-7-15-6-4-13(2)11-18(15)19-17;1-4-10(3)11-7-5-9(2)6-8-11;1-3-9-6-4-8(2)5-7-9;1-3-9-6-4-5-8(2)7-9;1-2/h7-16,22,27H,17H2,1-6H3;8-12H,13H2,1-7H3;4-6,8,10-11,17H,7,9H2,1-3H3;5-8,10H,4H2,1-3H3;2*4-7H,3H2,1-2H3;1-2H3. The Morgan fingerprint density at radius 2 is 0.859 bits per heavy atom. The maximum absolute atomic E-state index is 6.22. The number of rotatable bonds is 11. The quantitative estimate of drug-likeness (QED) is 0.125. The van der Waals surface area contributed by atoms with Crippen molar-refractivity contribution >= 4 is 0 Å². The first-order valence-electron chi connectivity index (χ1n) is 37.4. The van der Waals surface area contributed by atoms with Gasteiger partial charge in [-0.15, -0.1) is 0 Å². The number of fused-ring (bicyclic) bond motifs is 2. The first kappa shape index (κ1) is 80.0. The van der Waals surface area contributed by atoms with Gasteiger partial charge in [0.05, 0.1) is 0 Å². The molecule has 0 fully saturated rings. The Morgan fingerprint density at radius 3 is 1.36 bits per heavy atom. The summed E-state index contributed by atoms with van der Waals surface area (Å²) in [6, 6.07) is 73.9. The zero-order chi connectivity index (χ0) is 72.9. The third-order valence-corrected chi connectivity index (χ3v) is 20.9. The van der Waals surface area contributed by atoms with Gasteiger partial charge in [0.15, 0.2) is 0 Å². The largest absolute Gasteiger partial charge is 0.485 e. The maximum Gasteiger partial charge on any atom is 0.124 e. The fourth-order valence-electron chi connectivity index (χ4n) is 14.4. The van der Waals surface area contributed by atoms with Crippen LogP contribution in [0.15, 0.2) is 200 Å². The number of benzene rings is 10. The van der Waals surface area contributed by atoms with Crippen molar-refractivity contribution in [3.05, 3.63) is 345 Å². The number of ether oxygens (including phenoxy) is 1. The van der Waals surface area contributed by atoms with E-state index >= 15 is 0 Å². The van der Waals surface area contributed by atoms with Crippen LogP contribution in [0.25, 0.3) is 0 Å². The summed E-state index contributed by atoms with van der Waals surface area (Å²) in [5, 5.41) is 0. The molecule has 10 aromatic carbocycles. The molecule has 10 aromatic rings. The molecular formula is C98H126O. The topological polar surface area (TPSA) is 9.23 Å². The summed E-state index contributed by atoms with van der Waals surface area (Å²) in [4.78, 5) is 0. The van der Waals surface area contributed by atoms with Gasteiger partial charge in [0.1, 0.15) is 11.9 Å². The normalized spacial score (nSPS) is 15.1. The molecule has 2 aliphatic rings. The van der Waals surface area contributed by atoms with Crippen molar-refractivity contribution in [3.8, 4) is 5.75 Å². The van der Waals surface area contributed by atoms with E-state index in [-0.39, 0.29) is 16.9 Å². The zero-order valence-corrected chi connectivity index (χ0v) is 66.2. The van der Waals surface area contributed by atoms with Gasteiger partial charge in [0.25, 0.3) is 0 Å². The third kappa shape index (κ3) is 22.5. The second kappa shape index (κ2) is 37.4. The first-order chi connectivity index (χ1) is 47.0. The van der Waals surface area contributed by atoms with Crippen LogP contribution in [-0.4, -0.2) is 0 Å². The molecule has 0 radical (unpaired) electrons. The molecule has 524 valence electrons. The van der Waals surface area contributed by atoms with Crippen LogP contribution in [0.1, 0.15) is 263 Å². The maximum atomic E-state index is 6.22. The van der Waals surface area contributed by atoms with Crippen LogP contribution < -0.4 is 4.74 Å². The molecule has 0 bridgehead atoms. The highest BCUT2D eigenvalue weighted by Crippen LogP contribution is 2.54. The van der Waals surface area contributed by atoms with E-state index in [2.05, 4.69) is 359 Å². The molecule has 1 nitrogen and oxygen atoms in total. The predicted molar refractivity (Wildman–Crippen MR) is 435 cm³/mol. The van der Waals surface area contributed by atoms with E-state index in [0.717, 1.165) is 37.9 Å². The van der Waals surface area contributed by atoms with Gasteiger partial charge in [0.2, 0.25) is 0 Å². The minimum absolute atomic E-state index is 0.120. The second-order valence-corrected chi connectivity index (χ2v) is 30.0. The number of hydrogen-bond acceptors (Lipinski definition) is 1. The SMILES string of the molecule is CC.CCC(C)c1ccc(C)cc1.CCc1ccc(C)cc1.CCc1cccc(C)c1.Cc1ccc(C2(C)CC(C)(C)c3cc(C)c(C)cc32)c(C)c1.Cc1ccc(C2CCc3ccc(C)cc3O2)c(C)c1.Cc1cccc(C(CC(C)c2cc(C)c(C)c(C)c2)c2cccc(C)c2)c1. The van der Waals surface area contributed by atoms with Crippen molar-refractivity contribution in [2.75, 3.05) is 0 Å². The Kier molecular flexibility index (Phi) is 30.2. The van der Waals surface area contributed by atoms with Crippen LogP contribution in [0.5, 0.6) is 5.75 Å². The Morgan fingerprint density at radius 1 is 0.384 bits per heavy atom. The average molecular weight is 1320 g/mol. The molecule has 1 heterocycles. The third-order valence-electron chi connectivity index (χ3n) is 20.9. The summed E-state index contributed by atoms with van der Waals surface area (Å²) in [6.45, 7) is 55.2. The summed E-state index contributed by atoms with van der Waals surface area (Å²) in [7, 11) is 0. The lowest BCUT2D eigenvalue weighted by atomic mass is 9.73. The van der Waals surface area contributed by atoms with Crippen molar-refractivity contribution in [2.45, 2.75) is 253 Å². The predicted octanol–water partition coefficient (Wildman–Crippen LogP) is 27.8. The molecule has 0 amide bonds. The Bertz CT molecular complexity index is 4100. The second-order valence-electron chi connectivity index (χ2n) is 30.0. The van der Waals surface area contributed by atoms with E-state index in [1.165, 1.54) is 157 Å². The fourth-order valence-corrected chi connectivity index (χ4v) is 14.4. The van der Waals surface area contributed by atoms with Gasteiger partial charge >= 0.3 is 0 Å². The highest BCUT2D eigenvalue weighted by Gasteiger charge is 2.46. The molecule has 12 rings (SSSR count). The minimum atomic E-state index is 0.120. The monoisotopic (exact) mass is 1320 g/mol. The molecule has 0 saturated carbocycles. The summed E-state index contributed by atoms with van der Waals surface area (Å²) >= 11 is 0. The average Bonchev–Trinajstić information content (AvgIpc) is 1.57. The van der Waals surface area contributed by atoms with Crippen LogP contribution >= 0.6 is 0 Å². The van der Waals surface area contributed by atoms with Gasteiger partial charge < -0.3 is 4.74 Å². The molecule has 1 aliphatic carbocycles. The molecule has 1 heteroatoms. The molecule has 99 heavy (non-hydrogen) atoms. The van der Waals surface area contributed by atoms with Gasteiger partial charge in [-0.05, 0) is 278 Å². The van der Waals surface area contributed by atoms with E-state index in [0.29, 0.717) is 17.8 Å². The van der Waals surface area contributed by atoms with E-state index in [4.69, 9.17) is 4.74 Å². The van der Waals surface area contributed by atoms with Crippen LogP contribution in [0, 0.1) is 104 Å². The molecule has 0 aromatic heterocycles. The summed E-state index contributed by atoms with van der Waals surface area (Å²) in [5.41, 5.74) is 36.6. The zero-order valence-electron chi connectivity index (χ0n) is 66.2. The van der Waals surface area contributed by atoms with Gasteiger partial charge in [-0.2, -0.15) is 0 Å². The van der Waals surface area contributed by atoms with Crippen molar-refractivity contribution in [1.29, 1.82) is 0 Å².